The van der Waals surface area contributed by atoms with Crippen molar-refractivity contribution in [2.75, 3.05) is 52.6 Å². The fraction of sp³-hybridized carbons (Fsp3) is 0.529. The first kappa shape index (κ1) is 17.1. The number of nitrogens with zero attached hydrogens (tertiary/aromatic N) is 3. The Kier molecular flexibility index (Phi) is 5.30. The molecule has 0 aromatic heterocycles. The highest BCUT2D eigenvalue weighted by Gasteiger charge is 2.32. The maximum absolute atomic E-state index is 12.7. The smallest absolute Gasteiger partial charge is 0.264 e. The Morgan fingerprint density at radius 3 is 2.62 bits per heavy atom. The van der Waals surface area contributed by atoms with Gasteiger partial charge >= 0.3 is 0 Å². The summed E-state index contributed by atoms with van der Waals surface area (Å²) in [6, 6.07) is 7.83. The Balaban J connectivity index is 1.52. The van der Waals surface area contributed by atoms with Gasteiger partial charge in [-0.05, 0) is 12.1 Å². The molecule has 1 saturated heterocycles. The number of hydrogen-bond donors (Lipinski definition) is 0. The minimum atomic E-state index is -0.417. The second-order valence-corrected chi connectivity index (χ2v) is 7.32. The normalized spacial score (nSPS) is 20.9. The number of hydrogen-bond acceptors (Lipinski definition) is 5. The van der Waals surface area contributed by atoms with Crippen molar-refractivity contribution in [3.8, 4) is 5.75 Å². The number of para-hydroxylation sites is 1. The van der Waals surface area contributed by atoms with Crippen molar-refractivity contribution in [1.29, 1.82) is 0 Å². The number of benzene rings is 1. The van der Waals surface area contributed by atoms with Crippen LogP contribution in [-0.2, 0) is 9.59 Å². The largest absolute Gasteiger partial charge is 0.479 e. The van der Waals surface area contributed by atoms with Crippen molar-refractivity contribution in [3.63, 3.8) is 0 Å². The Hall–Kier alpha value is -1.73. The zero-order valence-corrected chi connectivity index (χ0v) is 14.9. The predicted octanol–water partition coefficient (Wildman–Crippen LogP) is 0.772. The van der Waals surface area contributed by atoms with Crippen LogP contribution in [0.15, 0.2) is 29.2 Å². The van der Waals surface area contributed by atoms with Crippen molar-refractivity contribution < 1.29 is 14.3 Å². The zero-order chi connectivity index (χ0) is 17.1. The number of amides is 2. The summed E-state index contributed by atoms with van der Waals surface area (Å²) >= 11 is 1.67. The molecule has 1 atom stereocenters. The Bertz CT molecular complexity index is 615. The summed E-state index contributed by atoms with van der Waals surface area (Å²) in [4.78, 5) is 31.1. The fourth-order valence-corrected chi connectivity index (χ4v) is 3.78. The average molecular weight is 349 g/mol. The van der Waals surface area contributed by atoms with Gasteiger partial charge in [0, 0.05) is 50.9 Å². The number of ether oxygens (including phenoxy) is 1. The third-order valence-electron chi connectivity index (χ3n) is 4.33. The van der Waals surface area contributed by atoms with Gasteiger partial charge < -0.3 is 14.5 Å². The Morgan fingerprint density at radius 2 is 1.92 bits per heavy atom. The summed E-state index contributed by atoms with van der Waals surface area (Å²) in [5.41, 5.74) is 0. The second-order valence-electron chi connectivity index (χ2n) is 6.25. The van der Waals surface area contributed by atoms with Crippen LogP contribution in [0.2, 0.25) is 0 Å². The molecule has 0 radical (unpaired) electrons. The van der Waals surface area contributed by atoms with Crippen LogP contribution in [0, 0.1) is 0 Å². The molecule has 3 rings (SSSR count). The highest BCUT2D eigenvalue weighted by molar-refractivity contribution is 7.99. The van der Waals surface area contributed by atoms with E-state index < -0.39 is 6.10 Å². The number of piperazine rings is 1. The molecule has 130 valence electrons. The molecule has 2 heterocycles. The van der Waals surface area contributed by atoms with Gasteiger partial charge in [-0.1, -0.05) is 12.1 Å². The molecule has 0 aliphatic carbocycles. The van der Waals surface area contributed by atoms with Gasteiger partial charge in [-0.2, -0.15) is 0 Å². The molecule has 1 aromatic rings. The zero-order valence-electron chi connectivity index (χ0n) is 14.1. The van der Waals surface area contributed by atoms with Gasteiger partial charge in [-0.15, -0.1) is 11.8 Å². The van der Waals surface area contributed by atoms with E-state index in [1.807, 2.05) is 29.2 Å². The van der Waals surface area contributed by atoms with Crippen molar-refractivity contribution >= 4 is 23.6 Å². The molecule has 7 heteroatoms. The third-order valence-corrected chi connectivity index (χ3v) is 5.44. The van der Waals surface area contributed by atoms with E-state index >= 15 is 0 Å². The van der Waals surface area contributed by atoms with Gasteiger partial charge in [0.25, 0.3) is 5.91 Å². The van der Waals surface area contributed by atoms with E-state index in [9.17, 15) is 9.59 Å². The monoisotopic (exact) mass is 349 g/mol. The molecule has 2 aliphatic rings. The van der Waals surface area contributed by atoms with Gasteiger partial charge in [0.2, 0.25) is 5.91 Å². The van der Waals surface area contributed by atoms with Gasteiger partial charge in [0.15, 0.2) is 6.10 Å². The Labute approximate surface area is 146 Å². The number of carbonyl (C=O) groups excluding carboxylic acids is 2. The van der Waals surface area contributed by atoms with Crippen LogP contribution in [0.5, 0.6) is 5.75 Å². The third kappa shape index (κ3) is 3.84. The summed E-state index contributed by atoms with van der Waals surface area (Å²) in [5, 5.41) is 0. The van der Waals surface area contributed by atoms with E-state index in [0.717, 1.165) is 23.7 Å². The van der Waals surface area contributed by atoms with Crippen molar-refractivity contribution in [3.05, 3.63) is 24.3 Å². The van der Waals surface area contributed by atoms with Gasteiger partial charge in [-0.3, -0.25) is 14.5 Å². The van der Waals surface area contributed by atoms with Crippen LogP contribution in [0.4, 0.5) is 0 Å². The lowest BCUT2D eigenvalue weighted by atomic mass is 10.2. The molecular weight excluding hydrogens is 326 g/mol. The molecule has 6 nitrogen and oxygen atoms in total. The SMILES string of the molecule is CN(C)C(=O)CN1CCN(C(=O)[C@H]2CSc3ccccc3O2)CC1. The summed E-state index contributed by atoms with van der Waals surface area (Å²) in [6.45, 7) is 3.15. The predicted molar refractivity (Wildman–Crippen MR) is 93.3 cm³/mol. The highest BCUT2D eigenvalue weighted by Crippen LogP contribution is 2.35. The standard InChI is InChI=1S/C17H23N3O3S/c1-18(2)16(21)11-19-7-9-20(10-8-19)17(22)14-12-24-15-6-4-3-5-13(15)23-14/h3-6,14H,7-12H2,1-2H3/t14-/m1/s1. The van der Waals surface area contributed by atoms with E-state index in [-0.39, 0.29) is 11.8 Å². The molecule has 1 fully saturated rings. The van der Waals surface area contributed by atoms with E-state index in [0.29, 0.717) is 25.4 Å². The summed E-state index contributed by atoms with van der Waals surface area (Å²) in [7, 11) is 3.52. The van der Waals surface area contributed by atoms with Crippen LogP contribution < -0.4 is 4.74 Å². The average Bonchev–Trinajstić information content (AvgIpc) is 2.61. The van der Waals surface area contributed by atoms with E-state index in [4.69, 9.17) is 4.74 Å². The molecule has 0 bridgehead atoms. The number of thioether (sulfide) groups is 1. The summed E-state index contributed by atoms with van der Waals surface area (Å²) in [6.07, 6.45) is -0.417. The van der Waals surface area contributed by atoms with Gasteiger partial charge in [-0.25, -0.2) is 0 Å². The number of fused-ring (bicyclic) bond motifs is 1. The van der Waals surface area contributed by atoms with E-state index in [1.165, 1.54) is 0 Å². The number of carbonyl (C=O) groups is 2. The summed E-state index contributed by atoms with van der Waals surface area (Å²) < 4.78 is 5.88. The topological polar surface area (TPSA) is 53.1 Å². The van der Waals surface area contributed by atoms with Crippen LogP contribution in [-0.4, -0.2) is 85.2 Å². The molecule has 0 saturated carbocycles. The quantitative estimate of drug-likeness (QED) is 0.807. The maximum Gasteiger partial charge on any atom is 0.264 e. The fourth-order valence-electron chi connectivity index (χ4n) is 2.80. The molecule has 2 aliphatic heterocycles. The molecule has 0 unspecified atom stereocenters. The van der Waals surface area contributed by atoms with Crippen molar-refractivity contribution in [1.82, 2.24) is 14.7 Å². The first-order valence-electron chi connectivity index (χ1n) is 8.14. The number of rotatable bonds is 3. The molecule has 0 spiro atoms. The molecule has 2 amide bonds. The number of likely N-dealkylation sites (N-methyl/N-ethyl adjacent to an activating group) is 1. The Morgan fingerprint density at radius 1 is 1.21 bits per heavy atom. The highest BCUT2D eigenvalue weighted by atomic mass is 32.2. The summed E-state index contributed by atoms with van der Waals surface area (Å²) in [5.74, 6) is 1.59. The van der Waals surface area contributed by atoms with Gasteiger partial charge in [0.05, 0.1) is 6.54 Å². The van der Waals surface area contributed by atoms with Crippen LogP contribution in [0.1, 0.15) is 0 Å². The van der Waals surface area contributed by atoms with Crippen LogP contribution >= 0.6 is 11.8 Å². The van der Waals surface area contributed by atoms with Crippen LogP contribution in [0.25, 0.3) is 0 Å². The second kappa shape index (κ2) is 7.44. The van der Waals surface area contributed by atoms with Crippen molar-refractivity contribution in [2.45, 2.75) is 11.0 Å². The molecular formula is C17H23N3O3S. The maximum atomic E-state index is 12.7. The first-order chi connectivity index (χ1) is 11.5. The van der Waals surface area contributed by atoms with Crippen LogP contribution in [0.3, 0.4) is 0 Å². The molecule has 1 aromatic carbocycles. The van der Waals surface area contributed by atoms with E-state index in [1.54, 1.807) is 30.8 Å². The minimum absolute atomic E-state index is 0.0515. The lowest BCUT2D eigenvalue weighted by Crippen LogP contribution is -2.54. The lowest BCUT2D eigenvalue weighted by molar-refractivity contribution is -0.140. The van der Waals surface area contributed by atoms with Crippen molar-refractivity contribution in [2.24, 2.45) is 0 Å². The minimum Gasteiger partial charge on any atom is -0.479 e. The first-order valence-corrected chi connectivity index (χ1v) is 9.13. The van der Waals surface area contributed by atoms with E-state index in [2.05, 4.69) is 4.90 Å². The lowest BCUT2D eigenvalue weighted by Gasteiger charge is -2.37. The molecule has 24 heavy (non-hydrogen) atoms. The van der Waals surface area contributed by atoms with Gasteiger partial charge in [0.1, 0.15) is 5.75 Å². The molecule has 0 N–H and O–H groups in total.